The van der Waals surface area contributed by atoms with E-state index >= 15 is 0 Å². The molecule has 3 fully saturated rings. The lowest BCUT2D eigenvalue weighted by Gasteiger charge is -2.48. The topological polar surface area (TPSA) is 27.7 Å². The van der Waals surface area contributed by atoms with Crippen LogP contribution in [0.5, 0.6) is 0 Å². The highest BCUT2D eigenvalue weighted by Crippen LogP contribution is 2.32. The molecule has 0 aliphatic carbocycles. The first-order chi connectivity index (χ1) is 9.81. The van der Waals surface area contributed by atoms with Crippen LogP contribution < -0.4 is 5.32 Å². The van der Waals surface area contributed by atoms with Crippen molar-refractivity contribution < 1.29 is 4.74 Å². The molecular formula is C16H31N3O. The number of nitrogens with zero attached hydrogens (tertiary/aromatic N) is 2. The SMILES string of the molecule is CNCC1(CN2CCN3CCCCC3C2)CCOCC1. The number of ether oxygens (including phenoxy) is 1. The zero-order chi connectivity index (χ0) is 13.8. The van der Waals surface area contributed by atoms with E-state index in [0.29, 0.717) is 5.41 Å². The summed E-state index contributed by atoms with van der Waals surface area (Å²) < 4.78 is 5.59. The predicted octanol–water partition coefficient (Wildman–Crippen LogP) is 1.17. The van der Waals surface area contributed by atoms with E-state index in [-0.39, 0.29) is 0 Å². The molecule has 3 aliphatic rings. The Hall–Kier alpha value is -0.160. The van der Waals surface area contributed by atoms with Gasteiger partial charge in [0.25, 0.3) is 0 Å². The van der Waals surface area contributed by atoms with Crippen molar-refractivity contribution in [3.8, 4) is 0 Å². The summed E-state index contributed by atoms with van der Waals surface area (Å²) in [5.41, 5.74) is 0.448. The second-order valence-corrected chi connectivity index (χ2v) is 7.06. The Bertz CT molecular complexity index is 299. The number of hydrogen-bond donors (Lipinski definition) is 1. The van der Waals surface area contributed by atoms with Crippen molar-refractivity contribution >= 4 is 0 Å². The fourth-order valence-electron chi connectivity index (χ4n) is 4.41. The zero-order valence-electron chi connectivity index (χ0n) is 13.1. The Labute approximate surface area is 123 Å². The van der Waals surface area contributed by atoms with Gasteiger partial charge in [0.2, 0.25) is 0 Å². The van der Waals surface area contributed by atoms with Gasteiger partial charge < -0.3 is 10.1 Å². The van der Waals surface area contributed by atoms with Crippen LogP contribution in [0.25, 0.3) is 0 Å². The molecule has 4 heteroatoms. The standard InChI is InChI=1S/C16H31N3O/c1-17-13-16(5-10-20-11-6-16)14-18-8-9-19-7-3-2-4-15(19)12-18/h15,17H,2-14H2,1H3. The van der Waals surface area contributed by atoms with Crippen LogP contribution in [0.4, 0.5) is 0 Å². The summed E-state index contributed by atoms with van der Waals surface area (Å²) in [7, 11) is 2.09. The summed E-state index contributed by atoms with van der Waals surface area (Å²) in [5, 5.41) is 3.43. The van der Waals surface area contributed by atoms with E-state index in [2.05, 4.69) is 22.2 Å². The second-order valence-electron chi connectivity index (χ2n) is 7.06. The minimum atomic E-state index is 0.448. The van der Waals surface area contributed by atoms with Crippen molar-refractivity contribution in [1.29, 1.82) is 0 Å². The van der Waals surface area contributed by atoms with E-state index in [9.17, 15) is 0 Å². The Kier molecular flexibility index (Phi) is 4.97. The van der Waals surface area contributed by atoms with Gasteiger partial charge in [0, 0.05) is 52.0 Å². The van der Waals surface area contributed by atoms with Gasteiger partial charge in [0.1, 0.15) is 0 Å². The molecule has 0 spiro atoms. The van der Waals surface area contributed by atoms with Gasteiger partial charge in [-0.1, -0.05) is 6.42 Å². The van der Waals surface area contributed by atoms with Crippen LogP contribution in [0.1, 0.15) is 32.1 Å². The lowest BCUT2D eigenvalue weighted by Crippen LogP contribution is -2.57. The smallest absolute Gasteiger partial charge is 0.0472 e. The number of rotatable bonds is 4. The molecule has 4 nitrogen and oxygen atoms in total. The molecule has 1 unspecified atom stereocenters. The van der Waals surface area contributed by atoms with Crippen LogP contribution in [-0.4, -0.2) is 75.4 Å². The molecule has 0 saturated carbocycles. The quantitative estimate of drug-likeness (QED) is 0.837. The fraction of sp³-hybridized carbons (Fsp3) is 1.00. The molecule has 3 heterocycles. The Balaban J connectivity index is 1.58. The van der Waals surface area contributed by atoms with E-state index in [1.165, 1.54) is 64.8 Å². The maximum Gasteiger partial charge on any atom is 0.0472 e. The third kappa shape index (κ3) is 3.35. The molecule has 0 bridgehead atoms. The molecule has 0 aromatic heterocycles. The van der Waals surface area contributed by atoms with Crippen molar-refractivity contribution in [2.75, 3.05) is 59.5 Å². The molecule has 1 N–H and O–H groups in total. The van der Waals surface area contributed by atoms with Crippen LogP contribution in [0.3, 0.4) is 0 Å². The average molecular weight is 281 g/mol. The lowest BCUT2D eigenvalue weighted by atomic mass is 9.79. The fourth-order valence-corrected chi connectivity index (χ4v) is 4.41. The first kappa shape index (κ1) is 14.8. The summed E-state index contributed by atoms with van der Waals surface area (Å²) >= 11 is 0. The van der Waals surface area contributed by atoms with E-state index < -0.39 is 0 Å². The molecule has 0 amide bonds. The molecule has 1 atom stereocenters. The Morgan fingerprint density at radius 1 is 1.15 bits per heavy atom. The van der Waals surface area contributed by atoms with Crippen LogP contribution in [0, 0.1) is 5.41 Å². The van der Waals surface area contributed by atoms with Crippen molar-refractivity contribution in [1.82, 2.24) is 15.1 Å². The lowest BCUT2D eigenvalue weighted by molar-refractivity contribution is -0.0245. The minimum Gasteiger partial charge on any atom is -0.381 e. The minimum absolute atomic E-state index is 0.448. The van der Waals surface area contributed by atoms with Crippen molar-refractivity contribution in [3.63, 3.8) is 0 Å². The molecular weight excluding hydrogens is 250 g/mol. The molecule has 3 rings (SSSR count). The summed E-state index contributed by atoms with van der Waals surface area (Å²) in [6.07, 6.45) is 6.71. The summed E-state index contributed by atoms with van der Waals surface area (Å²) in [4.78, 5) is 5.48. The van der Waals surface area contributed by atoms with Crippen molar-refractivity contribution in [2.24, 2.45) is 5.41 Å². The number of nitrogens with one attached hydrogen (secondary N) is 1. The zero-order valence-corrected chi connectivity index (χ0v) is 13.1. The Morgan fingerprint density at radius 3 is 2.80 bits per heavy atom. The maximum absolute atomic E-state index is 5.59. The van der Waals surface area contributed by atoms with E-state index in [1.807, 2.05) is 0 Å². The van der Waals surface area contributed by atoms with E-state index in [0.717, 1.165) is 25.8 Å². The highest BCUT2D eigenvalue weighted by Gasteiger charge is 2.36. The monoisotopic (exact) mass is 281 g/mol. The molecule has 20 heavy (non-hydrogen) atoms. The number of hydrogen-bond acceptors (Lipinski definition) is 4. The summed E-state index contributed by atoms with van der Waals surface area (Å²) in [5.74, 6) is 0. The highest BCUT2D eigenvalue weighted by atomic mass is 16.5. The van der Waals surface area contributed by atoms with Crippen LogP contribution in [-0.2, 0) is 4.74 Å². The molecule has 3 saturated heterocycles. The van der Waals surface area contributed by atoms with Gasteiger partial charge in [-0.2, -0.15) is 0 Å². The highest BCUT2D eigenvalue weighted by molar-refractivity contribution is 4.91. The second kappa shape index (κ2) is 6.73. The first-order valence-electron chi connectivity index (χ1n) is 8.50. The molecule has 0 aromatic carbocycles. The van der Waals surface area contributed by atoms with Gasteiger partial charge in [0.15, 0.2) is 0 Å². The molecule has 0 aromatic rings. The number of piperidine rings is 1. The van der Waals surface area contributed by atoms with E-state index in [1.54, 1.807) is 0 Å². The molecule has 116 valence electrons. The van der Waals surface area contributed by atoms with E-state index in [4.69, 9.17) is 4.74 Å². The summed E-state index contributed by atoms with van der Waals surface area (Å²) in [6.45, 7) is 9.50. The third-order valence-electron chi connectivity index (χ3n) is 5.59. The van der Waals surface area contributed by atoms with Crippen LogP contribution in [0.15, 0.2) is 0 Å². The molecule has 0 radical (unpaired) electrons. The number of fused-ring (bicyclic) bond motifs is 1. The third-order valence-corrected chi connectivity index (χ3v) is 5.59. The van der Waals surface area contributed by atoms with Crippen LogP contribution >= 0.6 is 0 Å². The van der Waals surface area contributed by atoms with Gasteiger partial charge >= 0.3 is 0 Å². The van der Waals surface area contributed by atoms with Gasteiger partial charge in [-0.3, -0.25) is 9.80 Å². The first-order valence-corrected chi connectivity index (χ1v) is 8.50. The van der Waals surface area contributed by atoms with Crippen molar-refractivity contribution in [2.45, 2.75) is 38.1 Å². The van der Waals surface area contributed by atoms with Crippen LogP contribution in [0.2, 0.25) is 0 Å². The normalized spacial score (nSPS) is 31.9. The number of piperazine rings is 1. The Morgan fingerprint density at radius 2 is 2.00 bits per heavy atom. The summed E-state index contributed by atoms with van der Waals surface area (Å²) in [6, 6.07) is 0.837. The van der Waals surface area contributed by atoms with Gasteiger partial charge in [-0.15, -0.1) is 0 Å². The molecule has 3 aliphatic heterocycles. The van der Waals surface area contributed by atoms with Gasteiger partial charge in [0.05, 0.1) is 0 Å². The predicted molar refractivity (Wildman–Crippen MR) is 82.1 cm³/mol. The largest absolute Gasteiger partial charge is 0.381 e. The average Bonchev–Trinajstić information content (AvgIpc) is 2.48. The van der Waals surface area contributed by atoms with Gasteiger partial charge in [-0.25, -0.2) is 0 Å². The van der Waals surface area contributed by atoms with Crippen molar-refractivity contribution in [3.05, 3.63) is 0 Å². The maximum atomic E-state index is 5.59. The van der Waals surface area contributed by atoms with Gasteiger partial charge in [-0.05, 0) is 44.7 Å².